The summed E-state index contributed by atoms with van der Waals surface area (Å²) in [4.78, 5) is 18.6. The number of nitrogens with zero attached hydrogens (tertiary/aromatic N) is 3. The molecule has 1 amide bonds. The molecule has 1 atom stereocenters. The van der Waals surface area contributed by atoms with Crippen molar-refractivity contribution in [2.24, 2.45) is 0 Å². The van der Waals surface area contributed by atoms with Crippen LogP contribution in [0.4, 0.5) is 0 Å². The number of amides is 1. The molecule has 1 aromatic carbocycles. The Morgan fingerprint density at radius 2 is 2.18 bits per heavy atom. The van der Waals surface area contributed by atoms with E-state index >= 15 is 0 Å². The van der Waals surface area contributed by atoms with Crippen molar-refractivity contribution in [1.29, 1.82) is 0 Å². The van der Waals surface area contributed by atoms with Gasteiger partial charge in [-0.2, -0.15) is 5.10 Å². The maximum Gasteiger partial charge on any atom is 0.234 e. The fourth-order valence-corrected chi connectivity index (χ4v) is 2.80. The normalized spacial score (nSPS) is 16.1. The summed E-state index contributed by atoms with van der Waals surface area (Å²) in [5.41, 5.74) is 2.71. The van der Waals surface area contributed by atoms with Gasteiger partial charge in [0.2, 0.25) is 5.91 Å². The highest BCUT2D eigenvalue weighted by Crippen LogP contribution is 2.18. The average molecular weight is 299 g/mol. The van der Waals surface area contributed by atoms with Crippen molar-refractivity contribution in [3.05, 3.63) is 47.0 Å². The first-order valence-corrected chi connectivity index (χ1v) is 7.59. The molecule has 1 aliphatic rings. The number of carbonyl (C=O) groups is 1. The molecule has 2 heterocycles. The van der Waals surface area contributed by atoms with E-state index in [0.717, 1.165) is 25.3 Å². The topological polar surface area (TPSA) is 73.9 Å². The Morgan fingerprint density at radius 3 is 2.91 bits per heavy atom. The minimum absolute atomic E-state index is 0.00864. The molecule has 6 nitrogen and oxygen atoms in total. The van der Waals surface area contributed by atoms with Gasteiger partial charge in [-0.1, -0.05) is 24.3 Å². The van der Waals surface area contributed by atoms with Crippen LogP contribution in [0.3, 0.4) is 0 Å². The first-order valence-electron chi connectivity index (χ1n) is 7.59. The summed E-state index contributed by atoms with van der Waals surface area (Å²) in [7, 11) is 0. The standard InChI is InChI=1S/C16H21N5O/c1-11(16-18-12(2)19-20-16)17-15(22)10-21-8-7-13-5-3-4-6-14(13)9-21/h3-6,11H,7-10H2,1-2H3,(H,17,22)(H,18,19,20). The predicted molar refractivity (Wildman–Crippen MR) is 83.1 cm³/mol. The second-order valence-electron chi connectivity index (χ2n) is 5.80. The molecule has 0 bridgehead atoms. The van der Waals surface area contributed by atoms with E-state index in [9.17, 15) is 4.79 Å². The van der Waals surface area contributed by atoms with E-state index in [1.807, 2.05) is 13.8 Å². The lowest BCUT2D eigenvalue weighted by Crippen LogP contribution is -2.40. The molecular formula is C16H21N5O. The van der Waals surface area contributed by atoms with Crippen molar-refractivity contribution in [2.75, 3.05) is 13.1 Å². The second-order valence-corrected chi connectivity index (χ2v) is 5.80. The molecule has 1 aromatic heterocycles. The zero-order valence-electron chi connectivity index (χ0n) is 13.0. The molecule has 2 aromatic rings. The van der Waals surface area contributed by atoms with E-state index in [-0.39, 0.29) is 11.9 Å². The Balaban J connectivity index is 1.54. The summed E-state index contributed by atoms with van der Waals surface area (Å²) >= 11 is 0. The summed E-state index contributed by atoms with van der Waals surface area (Å²) in [6.07, 6.45) is 0.999. The number of aryl methyl sites for hydroxylation is 1. The molecule has 0 saturated carbocycles. The van der Waals surface area contributed by atoms with Crippen LogP contribution in [0, 0.1) is 6.92 Å². The minimum atomic E-state index is -0.186. The van der Waals surface area contributed by atoms with Gasteiger partial charge in [-0.15, -0.1) is 0 Å². The first-order chi connectivity index (χ1) is 10.6. The van der Waals surface area contributed by atoms with Gasteiger partial charge in [0.05, 0.1) is 12.6 Å². The summed E-state index contributed by atoms with van der Waals surface area (Å²) < 4.78 is 0. The fourth-order valence-electron chi connectivity index (χ4n) is 2.80. The van der Waals surface area contributed by atoms with Crippen LogP contribution in [0.1, 0.15) is 35.7 Å². The Bertz CT molecular complexity index is 666. The lowest BCUT2D eigenvalue weighted by atomic mass is 10.00. The third kappa shape index (κ3) is 3.33. The van der Waals surface area contributed by atoms with Crippen LogP contribution in [0.25, 0.3) is 0 Å². The smallest absolute Gasteiger partial charge is 0.234 e. The van der Waals surface area contributed by atoms with E-state index in [0.29, 0.717) is 12.4 Å². The molecule has 22 heavy (non-hydrogen) atoms. The van der Waals surface area contributed by atoms with Crippen LogP contribution < -0.4 is 5.32 Å². The number of aromatic amines is 1. The highest BCUT2D eigenvalue weighted by atomic mass is 16.2. The number of nitrogens with one attached hydrogen (secondary N) is 2. The van der Waals surface area contributed by atoms with Crippen molar-refractivity contribution >= 4 is 5.91 Å². The van der Waals surface area contributed by atoms with Gasteiger partial charge < -0.3 is 5.32 Å². The lowest BCUT2D eigenvalue weighted by Gasteiger charge is -2.28. The Morgan fingerprint density at radius 1 is 1.41 bits per heavy atom. The average Bonchev–Trinajstić information content (AvgIpc) is 2.94. The number of fused-ring (bicyclic) bond motifs is 1. The van der Waals surface area contributed by atoms with Crippen molar-refractivity contribution in [3.63, 3.8) is 0 Å². The SMILES string of the molecule is Cc1nc(C(C)NC(=O)CN2CCc3ccccc3C2)n[nH]1. The number of carbonyl (C=O) groups excluding carboxylic acids is 1. The monoisotopic (exact) mass is 299 g/mol. The first kappa shape index (κ1) is 14.7. The van der Waals surface area contributed by atoms with Crippen molar-refractivity contribution < 1.29 is 4.79 Å². The molecule has 116 valence electrons. The van der Waals surface area contributed by atoms with E-state index in [1.165, 1.54) is 11.1 Å². The van der Waals surface area contributed by atoms with E-state index < -0.39 is 0 Å². The van der Waals surface area contributed by atoms with Gasteiger partial charge in [-0.3, -0.25) is 14.8 Å². The molecule has 0 saturated heterocycles. The van der Waals surface area contributed by atoms with E-state index in [1.54, 1.807) is 0 Å². The molecule has 1 unspecified atom stereocenters. The van der Waals surface area contributed by atoms with Gasteiger partial charge in [0, 0.05) is 13.1 Å². The van der Waals surface area contributed by atoms with Gasteiger partial charge in [-0.05, 0) is 31.4 Å². The number of benzene rings is 1. The van der Waals surface area contributed by atoms with E-state index in [4.69, 9.17) is 0 Å². The Hall–Kier alpha value is -2.21. The summed E-state index contributed by atoms with van der Waals surface area (Å²) in [5.74, 6) is 1.38. The molecule has 6 heteroatoms. The quantitative estimate of drug-likeness (QED) is 0.893. The summed E-state index contributed by atoms with van der Waals surface area (Å²) in [6, 6.07) is 8.24. The molecule has 0 radical (unpaired) electrons. The Kier molecular flexibility index (Phi) is 4.20. The van der Waals surface area contributed by atoms with Crippen LogP contribution in [-0.4, -0.2) is 39.1 Å². The van der Waals surface area contributed by atoms with Gasteiger partial charge in [0.15, 0.2) is 5.82 Å². The van der Waals surface area contributed by atoms with Crippen LogP contribution in [0.15, 0.2) is 24.3 Å². The third-order valence-corrected chi connectivity index (χ3v) is 3.96. The molecular weight excluding hydrogens is 278 g/mol. The van der Waals surface area contributed by atoms with Crippen LogP contribution in [0.2, 0.25) is 0 Å². The lowest BCUT2D eigenvalue weighted by molar-refractivity contribution is -0.123. The third-order valence-electron chi connectivity index (χ3n) is 3.96. The highest BCUT2D eigenvalue weighted by molar-refractivity contribution is 5.78. The number of H-pyrrole nitrogens is 1. The minimum Gasteiger partial charge on any atom is -0.345 e. The number of aromatic nitrogens is 3. The number of hydrogen-bond acceptors (Lipinski definition) is 4. The number of rotatable bonds is 4. The van der Waals surface area contributed by atoms with Crippen LogP contribution in [-0.2, 0) is 17.8 Å². The maximum atomic E-state index is 12.2. The van der Waals surface area contributed by atoms with Crippen molar-refractivity contribution in [1.82, 2.24) is 25.4 Å². The van der Waals surface area contributed by atoms with Crippen molar-refractivity contribution in [3.8, 4) is 0 Å². The van der Waals surface area contributed by atoms with E-state index in [2.05, 4.69) is 49.7 Å². The molecule has 0 fully saturated rings. The molecule has 1 aliphatic heterocycles. The predicted octanol–water partition coefficient (Wildman–Crippen LogP) is 1.35. The fraction of sp³-hybridized carbons (Fsp3) is 0.438. The summed E-state index contributed by atoms with van der Waals surface area (Å²) in [5, 5.41) is 9.83. The number of hydrogen-bond donors (Lipinski definition) is 2. The van der Waals surface area contributed by atoms with Crippen LogP contribution in [0.5, 0.6) is 0 Å². The zero-order valence-corrected chi connectivity index (χ0v) is 13.0. The molecule has 0 spiro atoms. The van der Waals surface area contributed by atoms with Gasteiger partial charge in [0.1, 0.15) is 5.82 Å². The van der Waals surface area contributed by atoms with Crippen molar-refractivity contribution in [2.45, 2.75) is 32.9 Å². The molecule has 2 N–H and O–H groups in total. The van der Waals surface area contributed by atoms with Gasteiger partial charge in [0.25, 0.3) is 0 Å². The zero-order chi connectivity index (χ0) is 15.5. The van der Waals surface area contributed by atoms with Gasteiger partial charge in [-0.25, -0.2) is 4.98 Å². The van der Waals surface area contributed by atoms with Crippen LogP contribution >= 0.6 is 0 Å². The van der Waals surface area contributed by atoms with Gasteiger partial charge >= 0.3 is 0 Å². The largest absolute Gasteiger partial charge is 0.345 e. The highest BCUT2D eigenvalue weighted by Gasteiger charge is 2.20. The molecule has 0 aliphatic carbocycles. The summed E-state index contributed by atoms with van der Waals surface area (Å²) in [6.45, 7) is 5.89. The Labute approximate surface area is 129 Å². The second kappa shape index (κ2) is 6.27. The maximum absolute atomic E-state index is 12.2. The molecule has 3 rings (SSSR count).